The lowest BCUT2D eigenvalue weighted by Gasteiger charge is -2.13. The fourth-order valence-corrected chi connectivity index (χ4v) is 2.25. The van der Waals surface area contributed by atoms with E-state index in [4.69, 9.17) is 5.73 Å². The summed E-state index contributed by atoms with van der Waals surface area (Å²) in [6.45, 7) is 1.02. The highest BCUT2D eigenvalue weighted by atomic mass is 79.9. The van der Waals surface area contributed by atoms with E-state index in [2.05, 4.69) is 27.3 Å². The molecule has 0 bridgehead atoms. The molecule has 0 amide bonds. The van der Waals surface area contributed by atoms with Gasteiger partial charge in [0.1, 0.15) is 0 Å². The first kappa shape index (κ1) is 9.03. The summed E-state index contributed by atoms with van der Waals surface area (Å²) in [5.74, 6) is 0. The van der Waals surface area contributed by atoms with Gasteiger partial charge in [-0.15, -0.1) is 0 Å². The standard InChI is InChI=1S/C10H13BrN2/c11-8-4-1-3-7-9(12)5-2-6-13-10(7)8/h1,3-4,9,13H,2,5-6,12H2. The molecule has 1 aromatic rings. The Morgan fingerprint density at radius 3 is 3.15 bits per heavy atom. The van der Waals surface area contributed by atoms with Crippen LogP contribution < -0.4 is 11.1 Å². The molecule has 0 spiro atoms. The number of rotatable bonds is 0. The minimum Gasteiger partial charge on any atom is -0.384 e. The Morgan fingerprint density at radius 1 is 1.46 bits per heavy atom. The van der Waals surface area contributed by atoms with Gasteiger partial charge in [0.25, 0.3) is 0 Å². The average Bonchev–Trinajstić information content (AvgIpc) is 2.30. The van der Waals surface area contributed by atoms with Crippen molar-refractivity contribution in [2.75, 3.05) is 11.9 Å². The van der Waals surface area contributed by atoms with E-state index < -0.39 is 0 Å². The average molecular weight is 241 g/mol. The van der Waals surface area contributed by atoms with Crippen LogP contribution in [0.1, 0.15) is 24.4 Å². The summed E-state index contributed by atoms with van der Waals surface area (Å²) in [4.78, 5) is 0. The zero-order valence-corrected chi connectivity index (χ0v) is 8.97. The molecule has 3 N–H and O–H groups in total. The highest BCUT2D eigenvalue weighted by Crippen LogP contribution is 2.33. The maximum absolute atomic E-state index is 6.05. The van der Waals surface area contributed by atoms with Gasteiger partial charge in [0.15, 0.2) is 0 Å². The lowest BCUT2D eigenvalue weighted by atomic mass is 10.0. The van der Waals surface area contributed by atoms with Gasteiger partial charge in [-0.1, -0.05) is 12.1 Å². The first-order chi connectivity index (χ1) is 6.29. The summed E-state index contributed by atoms with van der Waals surface area (Å²) in [6.07, 6.45) is 2.21. The van der Waals surface area contributed by atoms with Gasteiger partial charge in [-0.3, -0.25) is 0 Å². The molecule has 0 saturated carbocycles. The molecule has 1 aromatic carbocycles. The van der Waals surface area contributed by atoms with Gasteiger partial charge < -0.3 is 11.1 Å². The molecular formula is C10H13BrN2. The molecule has 13 heavy (non-hydrogen) atoms. The van der Waals surface area contributed by atoms with Gasteiger partial charge >= 0.3 is 0 Å². The monoisotopic (exact) mass is 240 g/mol. The van der Waals surface area contributed by atoms with E-state index >= 15 is 0 Å². The van der Waals surface area contributed by atoms with Crippen LogP contribution in [0.4, 0.5) is 5.69 Å². The van der Waals surface area contributed by atoms with Crippen molar-refractivity contribution in [3.05, 3.63) is 28.2 Å². The number of nitrogens with two attached hydrogens (primary N) is 1. The van der Waals surface area contributed by atoms with Crippen molar-refractivity contribution in [3.63, 3.8) is 0 Å². The van der Waals surface area contributed by atoms with Crippen LogP contribution in [0.25, 0.3) is 0 Å². The minimum atomic E-state index is 0.183. The summed E-state index contributed by atoms with van der Waals surface area (Å²) in [5.41, 5.74) is 8.46. The molecule has 3 heteroatoms. The van der Waals surface area contributed by atoms with Gasteiger partial charge in [-0.2, -0.15) is 0 Å². The van der Waals surface area contributed by atoms with Crippen molar-refractivity contribution >= 4 is 21.6 Å². The molecule has 2 nitrogen and oxygen atoms in total. The number of anilines is 1. The lowest BCUT2D eigenvalue weighted by Crippen LogP contribution is -2.09. The van der Waals surface area contributed by atoms with Gasteiger partial charge in [0.2, 0.25) is 0 Å². The fraction of sp³-hybridized carbons (Fsp3) is 0.400. The van der Waals surface area contributed by atoms with Crippen molar-refractivity contribution in [1.82, 2.24) is 0 Å². The minimum absolute atomic E-state index is 0.183. The lowest BCUT2D eigenvalue weighted by molar-refractivity contribution is 0.642. The van der Waals surface area contributed by atoms with Crippen LogP contribution in [0.2, 0.25) is 0 Å². The first-order valence-corrected chi connectivity index (χ1v) is 5.36. The molecule has 70 valence electrons. The van der Waals surface area contributed by atoms with E-state index in [0.717, 1.165) is 23.9 Å². The molecule has 1 unspecified atom stereocenters. The predicted octanol–water partition coefficient (Wildman–Crippen LogP) is 2.65. The van der Waals surface area contributed by atoms with E-state index in [-0.39, 0.29) is 6.04 Å². The zero-order chi connectivity index (χ0) is 9.26. The maximum atomic E-state index is 6.05. The second-order valence-electron chi connectivity index (χ2n) is 3.38. The topological polar surface area (TPSA) is 38.0 Å². The molecule has 1 aliphatic heterocycles. The van der Waals surface area contributed by atoms with E-state index in [1.807, 2.05) is 12.1 Å². The molecule has 1 aliphatic rings. The smallest absolute Gasteiger partial charge is 0.0533 e. The maximum Gasteiger partial charge on any atom is 0.0533 e. The molecule has 1 atom stereocenters. The quantitative estimate of drug-likeness (QED) is 0.732. The van der Waals surface area contributed by atoms with Gasteiger partial charge in [-0.05, 0) is 40.4 Å². The number of para-hydroxylation sites is 1. The van der Waals surface area contributed by atoms with Crippen molar-refractivity contribution in [2.45, 2.75) is 18.9 Å². The fourth-order valence-electron chi connectivity index (χ4n) is 1.73. The van der Waals surface area contributed by atoms with Crippen molar-refractivity contribution in [3.8, 4) is 0 Å². The van der Waals surface area contributed by atoms with E-state index in [1.54, 1.807) is 0 Å². The van der Waals surface area contributed by atoms with Crippen LogP contribution in [-0.2, 0) is 0 Å². The van der Waals surface area contributed by atoms with Gasteiger partial charge in [0.05, 0.1) is 5.69 Å². The number of halogens is 1. The molecule has 0 saturated heterocycles. The molecule has 0 aromatic heterocycles. The third-order valence-corrected chi connectivity index (χ3v) is 3.10. The van der Waals surface area contributed by atoms with E-state index in [0.29, 0.717) is 0 Å². The Bertz CT molecular complexity index is 312. The van der Waals surface area contributed by atoms with Crippen molar-refractivity contribution in [1.29, 1.82) is 0 Å². The second kappa shape index (κ2) is 3.68. The van der Waals surface area contributed by atoms with Gasteiger partial charge in [-0.25, -0.2) is 0 Å². The second-order valence-corrected chi connectivity index (χ2v) is 4.23. The summed E-state index contributed by atoms with van der Waals surface area (Å²) >= 11 is 3.53. The molecule has 0 radical (unpaired) electrons. The number of fused-ring (bicyclic) bond motifs is 1. The number of benzene rings is 1. The largest absolute Gasteiger partial charge is 0.384 e. The van der Waals surface area contributed by atoms with Crippen LogP contribution in [-0.4, -0.2) is 6.54 Å². The van der Waals surface area contributed by atoms with Crippen LogP contribution >= 0.6 is 15.9 Å². The number of nitrogens with one attached hydrogen (secondary N) is 1. The van der Waals surface area contributed by atoms with Crippen LogP contribution in [0.5, 0.6) is 0 Å². The highest BCUT2D eigenvalue weighted by Gasteiger charge is 2.15. The molecule has 1 heterocycles. The molecule has 2 rings (SSSR count). The molecular weight excluding hydrogens is 228 g/mol. The summed E-state index contributed by atoms with van der Waals surface area (Å²) in [6, 6.07) is 6.37. The predicted molar refractivity (Wildman–Crippen MR) is 58.8 cm³/mol. The SMILES string of the molecule is NC1CCCNc2c(Br)cccc21. The summed E-state index contributed by atoms with van der Waals surface area (Å²) in [5, 5.41) is 3.40. The molecule has 0 aliphatic carbocycles. The highest BCUT2D eigenvalue weighted by molar-refractivity contribution is 9.10. The Kier molecular flexibility index (Phi) is 2.56. The van der Waals surface area contributed by atoms with Crippen LogP contribution in [0.3, 0.4) is 0 Å². The summed E-state index contributed by atoms with van der Waals surface area (Å²) < 4.78 is 1.11. The Labute approximate surface area is 86.6 Å². The normalized spacial score (nSPS) is 21.5. The van der Waals surface area contributed by atoms with Crippen molar-refractivity contribution in [2.24, 2.45) is 5.73 Å². The molecule has 0 fully saturated rings. The van der Waals surface area contributed by atoms with E-state index in [1.165, 1.54) is 11.3 Å². The van der Waals surface area contributed by atoms with Crippen molar-refractivity contribution < 1.29 is 0 Å². The Morgan fingerprint density at radius 2 is 2.31 bits per heavy atom. The zero-order valence-electron chi connectivity index (χ0n) is 7.39. The first-order valence-electron chi connectivity index (χ1n) is 4.57. The number of hydrogen-bond acceptors (Lipinski definition) is 2. The Hall–Kier alpha value is -0.540. The van der Waals surface area contributed by atoms with Gasteiger partial charge in [0, 0.05) is 17.1 Å². The summed E-state index contributed by atoms with van der Waals surface area (Å²) in [7, 11) is 0. The van der Waals surface area contributed by atoms with Crippen LogP contribution in [0, 0.1) is 0 Å². The third-order valence-electron chi connectivity index (χ3n) is 2.44. The number of hydrogen-bond donors (Lipinski definition) is 2. The van der Waals surface area contributed by atoms with Crippen LogP contribution in [0.15, 0.2) is 22.7 Å². The van der Waals surface area contributed by atoms with E-state index in [9.17, 15) is 0 Å². The third kappa shape index (κ3) is 1.71. The Balaban J connectivity index is 2.47.